The first kappa shape index (κ1) is 21.9. The molecule has 0 saturated heterocycles. The summed E-state index contributed by atoms with van der Waals surface area (Å²) in [6.45, 7) is -2.30. The first-order valence-electron chi connectivity index (χ1n) is 15.7. The van der Waals surface area contributed by atoms with Crippen molar-refractivity contribution in [1.82, 2.24) is 19.9 Å². The van der Waals surface area contributed by atoms with Crippen molar-refractivity contribution in [3.05, 3.63) is 145 Å². The van der Waals surface area contributed by atoms with Gasteiger partial charge in [-0.15, -0.1) is 0 Å². The summed E-state index contributed by atoms with van der Waals surface area (Å²) in [6, 6.07) is 46.1. The second-order valence-corrected chi connectivity index (χ2v) is 10.5. The molecule has 0 unspecified atom stereocenters. The highest BCUT2D eigenvalue weighted by atomic mass is 14.8. The number of hydrogen-bond donors (Lipinski definition) is 0. The van der Waals surface area contributed by atoms with Crippen molar-refractivity contribution in [2.75, 3.05) is 0 Å². The maximum Gasteiger partial charge on any atom is 0.0973 e. The quantitative estimate of drug-likeness (QED) is 0.204. The lowest BCUT2D eigenvalue weighted by Gasteiger charge is -2.13. The van der Waals surface area contributed by atoms with E-state index in [4.69, 9.17) is 19.1 Å². The van der Waals surface area contributed by atoms with Gasteiger partial charge in [-0.2, -0.15) is 0 Å². The summed E-state index contributed by atoms with van der Waals surface area (Å²) in [6.07, 6.45) is 0. The molecule has 0 aliphatic carbocycles. The van der Waals surface area contributed by atoms with Gasteiger partial charge in [0, 0.05) is 37.3 Å². The fraction of sp³-hybridized carbons (Fsp3) is 0.0256. The Morgan fingerprint density at radius 3 is 1.72 bits per heavy atom. The fourth-order valence-electron chi connectivity index (χ4n) is 5.61. The van der Waals surface area contributed by atoms with Gasteiger partial charge in [0.15, 0.2) is 0 Å². The minimum Gasteiger partial charge on any atom is -0.251 e. The van der Waals surface area contributed by atoms with Gasteiger partial charge in [-0.1, -0.05) is 109 Å². The van der Waals surface area contributed by atoms with E-state index in [-0.39, 0.29) is 5.69 Å². The summed E-state index contributed by atoms with van der Waals surface area (Å²) < 4.78 is 23.6. The van der Waals surface area contributed by atoms with Gasteiger partial charge in [-0.3, -0.25) is 4.98 Å². The average Bonchev–Trinajstić information content (AvgIpc) is 3.10. The van der Waals surface area contributed by atoms with Crippen LogP contribution in [0.25, 0.3) is 77.7 Å². The first-order valence-corrected chi connectivity index (χ1v) is 14.2. The van der Waals surface area contributed by atoms with Crippen LogP contribution in [0, 0.1) is 6.85 Å². The van der Waals surface area contributed by atoms with Crippen molar-refractivity contribution in [1.29, 1.82) is 0 Å². The van der Waals surface area contributed by atoms with Gasteiger partial charge in [0.1, 0.15) is 0 Å². The molecule has 0 amide bonds. The number of aryl methyl sites for hydroxylation is 1. The molecule has 0 saturated carbocycles. The highest BCUT2D eigenvalue weighted by Crippen LogP contribution is 2.35. The molecule has 4 heteroatoms. The molecule has 0 N–H and O–H groups in total. The molecule has 202 valence electrons. The van der Waals surface area contributed by atoms with E-state index < -0.39 is 6.85 Å². The third-order valence-corrected chi connectivity index (χ3v) is 7.79. The number of rotatable bonds is 4. The van der Waals surface area contributed by atoms with Crippen LogP contribution in [0.2, 0.25) is 0 Å². The molecule has 0 radical (unpaired) electrons. The Balaban J connectivity index is 1.26. The van der Waals surface area contributed by atoms with Crippen LogP contribution >= 0.6 is 0 Å². The normalized spacial score (nSPS) is 12.7. The Labute approximate surface area is 253 Å². The van der Waals surface area contributed by atoms with Gasteiger partial charge in [-0.25, -0.2) is 15.0 Å². The van der Waals surface area contributed by atoms with E-state index in [1.165, 1.54) is 0 Å². The SMILES string of the molecule is [2H]C([2H])([2H])c1ccc2ccc3ccc(-c4cccc(-c5nc6ccccc6nc5-c5ccc(-c6ccccc6)cc5)c4)nc3c2n1. The molecule has 0 atom stereocenters. The number of fused-ring (bicyclic) bond motifs is 4. The Kier molecular flexibility index (Phi) is 5.24. The van der Waals surface area contributed by atoms with Gasteiger partial charge in [0.25, 0.3) is 0 Å². The van der Waals surface area contributed by atoms with E-state index in [1.807, 2.05) is 84.9 Å². The van der Waals surface area contributed by atoms with E-state index in [2.05, 4.69) is 47.4 Å². The summed E-state index contributed by atoms with van der Waals surface area (Å²) in [5.41, 5.74) is 10.4. The molecule has 0 aliphatic heterocycles. The number of nitrogens with zero attached hydrogens (tertiary/aromatic N) is 4. The molecule has 4 nitrogen and oxygen atoms in total. The van der Waals surface area contributed by atoms with E-state index in [1.54, 1.807) is 12.1 Å². The number of pyridine rings is 2. The molecular formula is C39H26N4. The molecule has 0 fully saturated rings. The van der Waals surface area contributed by atoms with Crippen LogP contribution in [-0.2, 0) is 0 Å². The van der Waals surface area contributed by atoms with Crippen LogP contribution in [0.15, 0.2) is 140 Å². The molecule has 8 rings (SSSR count). The number of aromatic nitrogens is 4. The summed E-state index contributed by atoms with van der Waals surface area (Å²) >= 11 is 0. The zero-order valence-electron chi connectivity index (χ0n) is 26.1. The van der Waals surface area contributed by atoms with Crippen LogP contribution in [0.4, 0.5) is 0 Å². The Morgan fingerprint density at radius 1 is 0.419 bits per heavy atom. The van der Waals surface area contributed by atoms with Crippen LogP contribution in [0.5, 0.6) is 0 Å². The molecule has 3 aromatic heterocycles. The van der Waals surface area contributed by atoms with Crippen molar-refractivity contribution in [3.8, 4) is 44.9 Å². The lowest BCUT2D eigenvalue weighted by atomic mass is 9.98. The average molecular weight is 554 g/mol. The van der Waals surface area contributed by atoms with E-state index >= 15 is 0 Å². The van der Waals surface area contributed by atoms with Gasteiger partial charge in [0.05, 0.1) is 39.1 Å². The largest absolute Gasteiger partial charge is 0.251 e. The van der Waals surface area contributed by atoms with Crippen LogP contribution in [-0.4, -0.2) is 19.9 Å². The minimum absolute atomic E-state index is 0.0564. The van der Waals surface area contributed by atoms with Crippen molar-refractivity contribution in [3.63, 3.8) is 0 Å². The molecular weight excluding hydrogens is 524 g/mol. The fourth-order valence-corrected chi connectivity index (χ4v) is 5.61. The Morgan fingerprint density at radius 2 is 0.977 bits per heavy atom. The Hall–Kier alpha value is -5.74. The highest BCUT2D eigenvalue weighted by Gasteiger charge is 2.15. The van der Waals surface area contributed by atoms with Gasteiger partial charge in [-0.05, 0) is 48.3 Å². The Bertz CT molecular complexity index is 2400. The van der Waals surface area contributed by atoms with Crippen LogP contribution in [0.3, 0.4) is 0 Å². The summed E-state index contributed by atoms with van der Waals surface area (Å²) in [7, 11) is 0. The smallest absolute Gasteiger partial charge is 0.0973 e. The molecule has 3 heterocycles. The van der Waals surface area contributed by atoms with E-state index in [9.17, 15) is 0 Å². The molecule has 0 aliphatic rings. The monoisotopic (exact) mass is 553 g/mol. The number of benzene rings is 5. The highest BCUT2D eigenvalue weighted by molar-refractivity contribution is 6.03. The van der Waals surface area contributed by atoms with Crippen molar-refractivity contribution in [2.45, 2.75) is 6.85 Å². The van der Waals surface area contributed by atoms with Gasteiger partial charge < -0.3 is 0 Å². The summed E-state index contributed by atoms with van der Waals surface area (Å²) in [4.78, 5) is 19.8. The predicted octanol–water partition coefficient (Wildman–Crippen LogP) is 9.70. The lowest BCUT2D eigenvalue weighted by Crippen LogP contribution is -1.96. The van der Waals surface area contributed by atoms with Crippen molar-refractivity contribution in [2.24, 2.45) is 0 Å². The third kappa shape index (κ3) is 4.59. The summed E-state index contributed by atoms with van der Waals surface area (Å²) in [5, 5.41) is 1.73. The topological polar surface area (TPSA) is 51.6 Å². The molecule has 0 bridgehead atoms. The molecule has 43 heavy (non-hydrogen) atoms. The van der Waals surface area contributed by atoms with E-state index in [0.717, 1.165) is 66.7 Å². The van der Waals surface area contributed by atoms with Gasteiger partial charge >= 0.3 is 0 Å². The predicted molar refractivity (Wildman–Crippen MR) is 177 cm³/mol. The maximum absolute atomic E-state index is 7.86. The van der Waals surface area contributed by atoms with Crippen molar-refractivity contribution >= 4 is 32.8 Å². The zero-order valence-corrected chi connectivity index (χ0v) is 23.1. The van der Waals surface area contributed by atoms with Crippen molar-refractivity contribution < 1.29 is 4.11 Å². The van der Waals surface area contributed by atoms with Gasteiger partial charge in [0.2, 0.25) is 0 Å². The summed E-state index contributed by atoms with van der Waals surface area (Å²) in [5.74, 6) is 0. The standard InChI is InChI=1S/C39H26N4/c1-25-14-15-28-20-21-30-22-23-33(41-37(30)36(28)40-25)31-10-7-11-32(24-31)39-38(42-34-12-5-6-13-35(34)43-39)29-18-16-27(17-19-29)26-8-3-2-4-9-26/h2-24H,1H3/i1D3. The first-order chi connectivity index (χ1) is 22.4. The van der Waals surface area contributed by atoms with Crippen LogP contribution < -0.4 is 0 Å². The second kappa shape index (κ2) is 10.3. The second-order valence-electron chi connectivity index (χ2n) is 10.5. The number of hydrogen-bond acceptors (Lipinski definition) is 4. The maximum atomic E-state index is 7.86. The number of para-hydroxylation sites is 2. The van der Waals surface area contributed by atoms with Crippen LogP contribution in [0.1, 0.15) is 9.81 Å². The molecule has 0 spiro atoms. The minimum atomic E-state index is -2.30. The third-order valence-electron chi connectivity index (χ3n) is 7.79. The molecule has 8 aromatic rings. The zero-order chi connectivity index (χ0) is 31.3. The van der Waals surface area contributed by atoms with E-state index in [0.29, 0.717) is 11.0 Å². The lowest BCUT2D eigenvalue weighted by molar-refractivity contribution is 1.25. The molecule has 5 aromatic carbocycles.